The van der Waals surface area contributed by atoms with Crippen LogP contribution < -0.4 is 5.32 Å². The summed E-state index contributed by atoms with van der Waals surface area (Å²) >= 11 is 0. The van der Waals surface area contributed by atoms with Crippen LogP contribution in [0.4, 0.5) is 4.79 Å². The van der Waals surface area contributed by atoms with Gasteiger partial charge in [0.15, 0.2) is 0 Å². The summed E-state index contributed by atoms with van der Waals surface area (Å²) in [5.41, 5.74) is -0.513. The molecule has 0 aliphatic heterocycles. The topological polar surface area (TPSA) is 55.4 Å². The summed E-state index contributed by atoms with van der Waals surface area (Å²) in [5.74, 6) is 5.24. The van der Waals surface area contributed by atoms with E-state index in [-0.39, 0.29) is 18.2 Å². The Hall–Kier alpha value is -1.50. The van der Waals surface area contributed by atoms with Gasteiger partial charge < -0.3 is 10.1 Å². The number of alkyl carbamates (subject to hydrolysis) is 1. The number of hydrogen-bond acceptors (Lipinski definition) is 3. The molecular weight excluding hydrogens is 206 g/mol. The third-order valence-electron chi connectivity index (χ3n) is 1.88. The molecule has 0 unspecified atom stereocenters. The number of carbonyl (C=O) groups is 2. The monoisotopic (exact) mass is 223 g/mol. The summed E-state index contributed by atoms with van der Waals surface area (Å²) in [5, 5.41) is 2.47. The highest BCUT2D eigenvalue weighted by Crippen LogP contribution is 2.29. The van der Waals surface area contributed by atoms with Crippen molar-refractivity contribution >= 4 is 11.9 Å². The Balaban J connectivity index is 2.19. The van der Waals surface area contributed by atoms with E-state index < -0.39 is 11.7 Å². The minimum Gasteiger partial charge on any atom is -0.444 e. The van der Waals surface area contributed by atoms with Crippen LogP contribution in [0, 0.1) is 17.8 Å². The maximum atomic E-state index is 11.2. The number of hydrogen-bond donors (Lipinski definition) is 1. The molecule has 0 bridgehead atoms. The van der Waals surface area contributed by atoms with Gasteiger partial charge >= 0.3 is 6.09 Å². The fraction of sp³-hybridized carbons (Fsp3) is 0.667. The third kappa shape index (κ3) is 5.40. The first-order chi connectivity index (χ1) is 7.38. The highest BCUT2D eigenvalue weighted by atomic mass is 16.6. The molecule has 0 heterocycles. The molecule has 0 atom stereocenters. The molecule has 0 aromatic rings. The lowest BCUT2D eigenvalue weighted by Crippen LogP contribution is -2.32. The van der Waals surface area contributed by atoms with Crippen LogP contribution in [0.1, 0.15) is 33.6 Å². The first-order valence-electron chi connectivity index (χ1n) is 5.38. The average Bonchev–Trinajstić information content (AvgIpc) is 2.91. The number of ether oxygens (including phenoxy) is 1. The fourth-order valence-corrected chi connectivity index (χ4v) is 1.01. The number of Topliss-reactive ketones (excluding diaryl/α,β-unsaturated/α-hetero) is 1. The summed E-state index contributed by atoms with van der Waals surface area (Å²) < 4.78 is 5.00. The molecule has 88 valence electrons. The lowest BCUT2D eigenvalue weighted by atomic mass is 10.2. The predicted molar refractivity (Wildman–Crippen MR) is 59.7 cm³/mol. The molecule has 0 spiro atoms. The van der Waals surface area contributed by atoms with Gasteiger partial charge in [-0.15, -0.1) is 0 Å². The summed E-state index contributed by atoms with van der Waals surface area (Å²) in [6.45, 7) is 5.51. The van der Waals surface area contributed by atoms with Crippen LogP contribution in [-0.2, 0) is 9.53 Å². The summed E-state index contributed by atoms with van der Waals surface area (Å²) in [6.07, 6.45) is 1.39. The smallest absolute Gasteiger partial charge is 0.408 e. The molecule has 4 heteroatoms. The third-order valence-corrected chi connectivity index (χ3v) is 1.88. The van der Waals surface area contributed by atoms with Crippen LogP contribution in [0.3, 0.4) is 0 Å². The summed E-state index contributed by atoms with van der Waals surface area (Å²) in [4.78, 5) is 22.3. The van der Waals surface area contributed by atoms with Gasteiger partial charge in [-0.25, -0.2) is 4.79 Å². The summed E-state index contributed by atoms with van der Waals surface area (Å²) in [7, 11) is 0. The number of carbonyl (C=O) groups excluding carboxylic acids is 2. The van der Waals surface area contributed by atoms with Crippen molar-refractivity contribution in [2.45, 2.75) is 39.2 Å². The van der Waals surface area contributed by atoms with Gasteiger partial charge in [0.2, 0.25) is 5.78 Å². The SMILES string of the molecule is CC(C)(C)OC(=O)NCC#CC(=O)C1CC1. The van der Waals surface area contributed by atoms with Gasteiger partial charge in [-0.05, 0) is 39.5 Å². The zero-order valence-electron chi connectivity index (χ0n) is 9.92. The Morgan fingerprint density at radius 2 is 2.00 bits per heavy atom. The Kier molecular flexibility index (Phi) is 3.94. The maximum absolute atomic E-state index is 11.2. The van der Waals surface area contributed by atoms with E-state index in [0.717, 1.165) is 12.8 Å². The minimum atomic E-state index is -0.513. The molecule has 0 aromatic carbocycles. The van der Waals surface area contributed by atoms with E-state index in [1.165, 1.54) is 0 Å². The summed E-state index contributed by atoms with van der Waals surface area (Å²) in [6, 6.07) is 0. The molecule has 1 aliphatic rings. The molecule has 1 fully saturated rings. The standard InChI is InChI=1S/C12H17NO3/c1-12(2,3)16-11(15)13-8-4-5-10(14)9-6-7-9/h9H,6-8H2,1-3H3,(H,13,15). The Morgan fingerprint density at radius 1 is 1.38 bits per heavy atom. The van der Waals surface area contributed by atoms with E-state index in [2.05, 4.69) is 17.2 Å². The minimum absolute atomic E-state index is 0.0222. The molecule has 0 radical (unpaired) electrons. The van der Waals surface area contributed by atoms with Gasteiger partial charge in [-0.3, -0.25) is 4.79 Å². The molecule has 0 aromatic heterocycles. The van der Waals surface area contributed by atoms with E-state index >= 15 is 0 Å². The Bertz CT molecular complexity index is 340. The van der Waals surface area contributed by atoms with Gasteiger partial charge in [0.1, 0.15) is 5.60 Å². The van der Waals surface area contributed by atoms with E-state index in [0.29, 0.717) is 0 Å². The molecule has 1 amide bonds. The van der Waals surface area contributed by atoms with Gasteiger partial charge in [-0.2, -0.15) is 0 Å². The molecule has 0 saturated heterocycles. The number of rotatable bonds is 2. The molecule has 4 nitrogen and oxygen atoms in total. The van der Waals surface area contributed by atoms with E-state index in [1.54, 1.807) is 20.8 Å². The van der Waals surface area contributed by atoms with Crippen LogP contribution in [0.15, 0.2) is 0 Å². The second-order valence-corrected chi connectivity index (χ2v) is 4.80. The quantitative estimate of drug-likeness (QED) is 0.570. The normalized spacial score (nSPS) is 14.7. The molecule has 16 heavy (non-hydrogen) atoms. The number of amides is 1. The van der Waals surface area contributed by atoms with Gasteiger partial charge in [0.05, 0.1) is 6.54 Å². The van der Waals surface area contributed by atoms with Crippen molar-refractivity contribution in [2.75, 3.05) is 6.54 Å². The van der Waals surface area contributed by atoms with E-state index in [1.807, 2.05) is 0 Å². The van der Waals surface area contributed by atoms with Crippen LogP contribution in [0.5, 0.6) is 0 Å². The Labute approximate surface area is 95.7 Å². The van der Waals surface area contributed by atoms with Crippen LogP contribution in [-0.4, -0.2) is 24.0 Å². The van der Waals surface area contributed by atoms with Gasteiger partial charge in [0, 0.05) is 5.92 Å². The van der Waals surface area contributed by atoms with Gasteiger partial charge in [-0.1, -0.05) is 5.92 Å². The zero-order chi connectivity index (χ0) is 12.2. The maximum Gasteiger partial charge on any atom is 0.408 e. The van der Waals surface area contributed by atoms with Crippen LogP contribution >= 0.6 is 0 Å². The lowest BCUT2D eigenvalue weighted by molar-refractivity contribution is -0.114. The van der Waals surface area contributed by atoms with Crippen molar-refractivity contribution in [2.24, 2.45) is 5.92 Å². The second kappa shape index (κ2) is 5.02. The van der Waals surface area contributed by atoms with Crippen molar-refractivity contribution in [3.05, 3.63) is 0 Å². The predicted octanol–water partition coefficient (Wildman–Crippen LogP) is 1.49. The van der Waals surface area contributed by atoms with E-state index in [4.69, 9.17) is 4.74 Å². The van der Waals surface area contributed by atoms with Gasteiger partial charge in [0.25, 0.3) is 0 Å². The van der Waals surface area contributed by atoms with Crippen molar-refractivity contribution in [3.8, 4) is 11.8 Å². The van der Waals surface area contributed by atoms with Crippen LogP contribution in [0.25, 0.3) is 0 Å². The molecule has 1 N–H and O–H groups in total. The second-order valence-electron chi connectivity index (χ2n) is 4.80. The highest BCUT2D eigenvalue weighted by Gasteiger charge is 2.27. The van der Waals surface area contributed by atoms with Crippen molar-refractivity contribution in [3.63, 3.8) is 0 Å². The zero-order valence-corrected chi connectivity index (χ0v) is 9.92. The highest BCUT2D eigenvalue weighted by molar-refractivity contribution is 5.98. The lowest BCUT2D eigenvalue weighted by Gasteiger charge is -2.18. The molecule has 1 aliphatic carbocycles. The molecular formula is C12H17NO3. The Morgan fingerprint density at radius 3 is 2.50 bits per heavy atom. The number of ketones is 1. The number of nitrogens with one attached hydrogen (secondary N) is 1. The molecule has 1 rings (SSSR count). The van der Waals surface area contributed by atoms with Crippen LogP contribution in [0.2, 0.25) is 0 Å². The molecule has 1 saturated carbocycles. The fourth-order valence-electron chi connectivity index (χ4n) is 1.01. The largest absolute Gasteiger partial charge is 0.444 e. The first kappa shape index (κ1) is 12.6. The van der Waals surface area contributed by atoms with Crippen molar-refractivity contribution in [1.82, 2.24) is 5.32 Å². The van der Waals surface area contributed by atoms with Crippen molar-refractivity contribution in [1.29, 1.82) is 0 Å². The van der Waals surface area contributed by atoms with E-state index in [9.17, 15) is 9.59 Å². The van der Waals surface area contributed by atoms with Crippen molar-refractivity contribution < 1.29 is 14.3 Å². The first-order valence-corrected chi connectivity index (χ1v) is 5.38. The average molecular weight is 223 g/mol.